The number of aromatic nitrogens is 4. The molecule has 0 amide bonds. The van der Waals surface area contributed by atoms with Crippen LogP contribution in [0.5, 0.6) is 0 Å². The molecule has 0 aliphatic carbocycles. The molecule has 0 aliphatic rings. The maximum absolute atomic E-state index is 12.3. The van der Waals surface area contributed by atoms with E-state index in [2.05, 4.69) is 20.2 Å². The summed E-state index contributed by atoms with van der Waals surface area (Å²) in [5.41, 5.74) is 1.08. The predicted octanol–water partition coefficient (Wildman–Crippen LogP) is 2.83. The molecule has 1 N–H and O–H groups in total. The quantitative estimate of drug-likeness (QED) is 0.756. The molecule has 114 valence electrons. The number of benzene rings is 1. The van der Waals surface area contributed by atoms with Crippen molar-refractivity contribution in [3.8, 4) is 5.69 Å². The number of nitrogens with zero attached hydrogens (tertiary/aromatic N) is 4. The number of rotatable bonds is 4. The lowest BCUT2D eigenvalue weighted by Crippen LogP contribution is -2.12. The van der Waals surface area contributed by atoms with Gasteiger partial charge in [0.15, 0.2) is 0 Å². The van der Waals surface area contributed by atoms with Crippen molar-refractivity contribution in [3.05, 3.63) is 45.3 Å². The van der Waals surface area contributed by atoms with Crippen molar-refractivity contribution in [3.63, 3.8) is 0 Å². The summed E-state index contributed by atoms with van der Waals surface area (Å²) in [6, 6.07) is 7.85. The van der Waals surface area contributed by atoms with Gasteiger partial charge in [0, 0.05) is 5.69 Å². The molecular formula is C11H7Cl2N5O2S2. The lowest BCUT2D eigenvalue weighted by molar-refractivity contribution is 0.601. The van der Waals surface area contributed by atoms with Crippen molar-refractivity contribution >= 4 is 50.2 Å². The minimum absolute atomic E-state index is 0.0475. The molecule has 0 fully saturated rings. The van der Waals surface area contributed by atoms with E-state index in [1.807, 2.05) is 0 Å². The number of halogens is 2. The highest BCUT2D eigenvalue weighted by Gasteiger charge is 2.21. The van der Waals surface area contributed by atoms with Crippen LogP contribution in [0.4, 0.5) is 5.69 Å². The topological polar surface area (TPSA) is 89.8 Å². The second-order valence-electron chi connectivity index (χ2n) is 4.10. The van der Waals surface area contributed by atoms with Crippen LogP contribution in [0.15, 0.2) is 41.6 Å². The molecule has 3 rings (SSSR count). The molecular weight excluding hydrogens is 369 g/mol. The van der Waals surface area contributed by atoms with Crippen LogP contribution in [0.25, 0.3) is 5.69 Å². The monoisotopic (exact) mass is 375 g/mol. The minimum atomic E-state index is -3.79. The fraction of sp³-hybridized carbons (Fsp3) is 0. The first-order valence-corrected chi connectivity index (χ1v) is 8.82. The summed E-state index contributed by atoms with van der Waals surface area (Å²) < 4.78 is 28.8. The third kappa shape index (κ3) is 3.07. The first kappa shape index (κ1) is 15.2. The Labute approximate surface area is 139 Å². The summed E-state index contributed by atoms with van der Waals surface area (Å²) in [6.45, 7) is 0. The third-order valence-electron chi connectivity index (χ3n) is 2.65. The molecule has 0 atom stereocenters. The normalized spacial score (nSPS) is 11.5. The van der Waals surface area contributed by atoms with Gasteiger partial charge in [0.05, 0.1) is 10.0 Å². The summed E-state index contributed by atoms with van der Waals surface area (Å²) in [4.78, 5) is -0.0475. The van der Waals surface area contributed by atoms with Gasteiger partial charge in [-0.1, -0.05) is 23.2 Å². The molecule has 2 heterocycles. The van der Waals surface area contributed by atoms with E-state index in [0.717, 1.165) is 11.3 Å². The van der Waals surface area contributed by atoms with Crippen LogP contribution < -0.4 is 4.72 Å². The zero-order valence-electron chi connectivity index (χ0n) is 10.6. The summed E-state index contributed by atoms with van der Waals surface area (Å²) in [7, 11) is -3.79. The number of tetrazole rings is 1. The van der Waals surface area contributed by atoms with Gasteiger partial charge in [-0.2, -0.15) is 0 Å². The van der Waals surface area contributed by atoms with Gasteiger partial charge in [0.1, 0.15) is 15.6 Å². The number of hydrogen-bond donors (Lipinski definition) is 1. The van der Waals surface area contributed by atoms with Crippen molar-refractivity contribution in [1.82, 2.24) is 20.2 Å². The van der Waals surface area contributed by atoms with Crippen LogP contribution >= 0.6 is 34.5 Å². The number of hydrogen-bond acceptors (Lipinski definition) is 6. The van der Waals surface area contributed by atoms with Gasteiger partial charge < -0.3 is 0 Å². The molecule has 0 saturated carbocycles. The standard InChI is InChI=1S/C11H7Cl2N5O2S2/c12-10-5-9(11(13)21-10)22(19,20)15-7-1-3-8(4-2-7)18-6-14-16-17-18/h1-6,15H. The first-order valence-electron chi connectivity index (χ1n) is 5.77. The fourth-order valence-electron chi connectivity index (χ4n) is 1.68. The lowest BCUT2D eigenvalue weighted by Gasteiger charge is -2.07. The molecule has 1 aromatic carbocycles. The molecule has 22 heavy (non-hydrogen) atoms. The second-order valence-corrected chi connectivity index (χ2v) is 8.03. The van der Waals surface area contributed by atoms with Crippen molar-refractivity contribution < 1.29 is 8.42 Å². The lowest BCUT2D eigenvalue weighted by atomic mass is 10.3. The molecule has 0 aliphatic heterocycles. The molecule has 7 nitrogen and oxygen atoms in total. The van der Waals surface area contributed by atoms with E-state index in [-0.39, 0.29) is 9.23 Å². The maximum atomic E-state index is 12.3. The zero-order valence-corrected chi connectivity index (χ0v) is 13.8. The number of nitrogens with one attached hydrogen (secondary N) is 1. The fourth-order valence-corrected chi connectivity index (χ4v) is 4.89. The van der Waals surface area contributed by atoms with Gasteiger partial charge in [-0.3, -0.25) is 4.72 Å². The summed E-state index contributed by atoms with van der Waals surface area (Å²) in [5.74, 6) is 0. The van der Waals surface area contributed by atoms with Gasteiger partial charge in [-0.15, -0.1) is 16.4 Å². The summed E-state index contributed by atoms with van der Waals surface area (Å²) in [6.07, 6.45) is 1.44. The van der Waals surface area contributed by atoms with Gasteiger partial charge in [-0.05, 0) is 40.8 Å². The zero-order chi connectivity index (χ0) is 15.7. The van der Waals surface area contributed by atoms with Crippen molar-refractivity contribution in [2.75, 3.05) is 4.72 Å². The number of anilines is 1. The average Bonchev–Trinajstić information content (AvgIpc) is 3.09. The van der Waals surface area contributed by atoms with Crippen LogP contribution in [0.1, 0.15) is 0 Å². The van der Waals surface area contributed by atoms with Crippen LogP contribution in [0.2, 0.25) is 8.67 Å². The Morgan fingerprint density at radius 1 is 1.18 bits per heavy atom. The van der Waals surface area contributed by atoms with Gasteiger partial charge >= 0.3 is 0 Å². The minimum Gasteiger partial charge on any atom is -0.280 e. The van der Waals surface area contributed by atoms with E-state index in [0.29, 0.717) is 15.7 Å². The van der Waals surface area contributed by atoms with Gasteiger partial charge in [0.25, 0.3) is 10.0 Å². The Morgan fingerprint density at radius 3 is 2.45 bits per heavy atom. The SMILES string of the molecule is O=S(=O)(Nc1ccc(-n2cnnn2)cc1)c1cc(Cl)sc1Cl. The Hall–Kier alpha value is -1.68. The maximum Gasteiger partial charge on any atom is 0.264 e. The van der Waals surface area contributed by atoms with E-state index in [9.17, 15) is 8.42 Å². The van der Waals surface area contributed by atoms with Crippen molar-refractivity contribution in [2.45, 2.75) is 4.90 Å². The van der Waals surface area contributed by atoms with Crippen LogP contribution in [0, 0.1) is 0 Å². The Kier molecular flexibility index (Phi) is 4.04. The van der Waals surface area contributed by atoms with E-state index >= 15 is 0 Å². The summed E-state index contributed by atoms with van der Waals surface area (Å²) in [5, 5.41) is 10.8. The van der Waals surface area contributed by atoms with E-state index in [1.165, 1.54) is 17.1 Å². The average molecular weight is 376 g/mol. The molecule has 2 aromatic heterocycles. The third-order valence-corrected chi connectivity index (χ3v) is 5.78. The summed E-state index contributed by atoms with van der Waals surface area (Å²) >= 11 is 12.6. The van der Waals surface area contributed by atoms with E-state index in [1.54, 1.807) is 24.3 Å². The number of sulfonamides is 1. The molecule has 11 heteroatoms. The van der Waals surface area contributed by atoms with E-state index in [4.69, 9.17) is 23.2 Å². The van der Waals surface area contributed by atoms with E-state index < -0.39 is 10.0 Å². The highest BCUT2D eigenvalue weighted by Crippen LogP contribution is 2.35. The Bertz CT molecular complexity index is 891. The Morgan fingerprint density at radius 2 is 1.91 bits per heavy atom. The predicted molar refractivity (Wildman–Crippen MR) is 84.3 cm³/mol. The van der Waals surface area contributed by atoms with Crippen molar-refractivity contribution in [1.29, 1.82) is 0 Å². The van der Waals surface area contributed by atoms with Gasteiger partial charge in [-0.25, -0.2) is 13.1 Å². The van der Waals surface area contributed by atoms with Gasteiger partial charge in [0.2, 0.25) is 0 Å². The molecule has 0 bridgehead atoms. The second kappa shape index (κ2) is 5.84. The van der Waals surface area contributed by atoms with Crippen LogP contribution in [-0.2, 0) is 10.0 Å². The first-order chi connectivity index (χ1) is 10.5. The Balaban J connectivity index is 1.85. The molecule has 0 radical (unpaired) electrons. The number of thiophene rings is 1. The highest BCUT2D eigenvalue weighted by atomic mass is 35.5. The smallest absolute Gasteiger partial charge is 0.264 e. The highest BCUT2D eigenvalue weighted by molar-refractivity contribution is 7.93. The van der Waals surface area contributed by atoms with Crippen molar-refractivity contribution in [2.24, 2.45) is 0 Å². The molecule has 0 saturated heterocycles. The molecule has 0 unspecified atom stereocenters. The largest absolute Gasteiger partial charge is 0.280 e. The van der Waals surface area contributed by atoms with Crippen LogP contribution in [0.3, 0.4) is 0 Å². The molecule has 0 spiro atoms. The molecule has 3 aromatic rings. The van der Waals surface area contributed by atoms with Crippen LogP contribution in [-0.4, -0.2) is 28.6 Å².